The molecule has 3 rings (SSSR count). The van der Waals surface area contributed by atoms with Crippen molar-refractivity contribution in [2.45, 2.75) is 56.4 Å². The van der Waals surface area contributed by atoms with Crippen LogP contribution in [0.2, 0.25) is 0 Å². The minimum atomic E-state index is -3.49. The van der Waals surface area contributed by atoms with Gasteiger partial charge in [0.25, 0.3) is 0 Å². The number of hydrogen-bond acceptors (Lipinski definition) is 4. The van der Waals surface area contributed by atoms with Crippen LogP contribution in [0.3, 0.4) is 0 Å². The molecule has 0 saturated carbocycles. The Morgan fingerprint density at radius 1 is 1.07 bits per heavy atom. The zero-order valence-electron chi connectivity index (χ0n) is 16.3. The number of benzene rings is 1. The van der Waals surface area contributed by atoms with Crippen molar-refractivity contribution in [2.24, 2.45) is 5.92 Å². The van der Waals surface area contributed by atoms with Crippen LogP contribution in [0, 0.1) is 5.92 Å². The maximum absolute atomic E-state index is 12.9. The molecular weight excluding hydrogens is 362 g/mol. The second-order valence-corrected chi connectivity index (χ2v) is 9.87. The molecule has 0 spiro atoms. The molecule has 150 valence electrons. The van der Waals surface area contributed by atoms with E-state index in [0.29, 0.717) is 36.7 Å². The van der Waals surface area contributed by atoms with Gasteiger partial charge in [0, 0.05) is 25.0 Å². The SMILES string of the molecule is CC(C)c1ccc(S(=O)(=O)N2CCC(C(=O)NC3CCNCC3)CC2)cc1. The molecule has 2 heterocycles. The van der Waals surface area contributed by atoms with Crippen LogP contribution in [-0.2, 0) is 14.8 Å². The molecule has 1 amide bonds. The van der Waals surface area contributed by atoms with E-state index in [1.165, 1.54) is 4.31 Å². The largest absolute Gasteiger partial charge is 0.353 e. The monoisotopic (exact) mass is 393 g/mol. The summed E-state index contributed by atoms with van der Waals surface area (Å²) in [5.41, 5.74) is 1.13. The number of rotatable bonds is 5. The molecule has 0 radical (unpaired) electrons. The fourth-order valence-electron chi connectivity index (χ4n) is 3.82. The summed E-state index contributed by atoms with van der Waals surface area (Å²) in [5, 5.41) is 6.43. The first kappa shape index (κ1) is 20.3. The van der Waals surface area contributed by atoms with Gasteiger partial charge in [0.1, 0.15) is 0 Å². The molecule has 0 aliphatic carbocycles. The quantitative estimate of drug-likeness (QED) is 0.803. The Morgan fingerprint density at radius 2 is 1.67 bits per heavy atom. The van der Waals surface area contributed by atoms with Gasteiger partial charge in [-0.05, 0) is 62.4 Å². The maximum Gasteiger partial charge on any atom is 0.243 e. The third kappa shape index (κ3) is 4.89. The topological polar surface area (TPSA) is 78.5 Å². The third-order valence-corrected chi connectivity index (χ3v) is 7.61. The Bertz CT molecular complexity index is 732. The molecule has 0 atom stereocenters. The lowest BCUT2D eigenvalue weighted by atomic mass is 9.96. The Morgan fingerprint density at radius 3 is 2.22 bits per heavy atom. The first-order valence-electron chi connectivity index (χ1n) is 9.99. The minimum Gasteiger partial charge on any atom is -0.353 e. The fraction of sp³-hybridized carbons (Fsp3) is 0.650. The van der Waals surface area contributed by atoms with Gasteiger partial charge < -0.3 is 10.6 Å². The van der Waals surface area contributed by atoms with Crippen LogP contribution in [-0.4, -0.2) is 50.9 Å². The van der Waals surface area contributed by atoms with E-state index >= 15 is 0 Å². The van der Waals surface area contributed by atoms with Crippen LogP contribution in [0.4, 0.5) is 0 Å². The van der Waals surface area contributed by atoms with E-state index in [9.17, 15) is 13.2 Å². The van der Waals surface area contributed by atoms with Crippen molar-refractivity contribution >= 4 is 15.9 Å². The Balaban J connectivity index is 1.56. The Hall–Kier alpha value is -1.44. The molecule has 1 aromatic rings. The van der Waals surface area contributed by atoms with Crippen LogP contribution in [0.5, 0.6) is 0 Å². The summed E-state index contributed by atoms with van der Waals surface area (Å²) in [4.78, 5) is 12.8. The van der Waals surface area contributed by atoms with E-state index < -0.39 is 10.0 Å². The lowest BCUT2D eigenvalue weighted by Crippen LogP contribution is -2.47. The van der Waals surface area contributed by atoms with Crippen molar-refractivity contribution in [3.63, 3.8) is 0 Å². The molecule has 2 fully saturated rings. The number of carbonyl (C=O) groups excluding carboxylic acids is 1. The summed E-state index contributed by atoms with van der Waals surface area (Å²) in [7, 11) is -3.49. The highest BCUT2D eigenvalue weighted by molar-refractivity contribution is 7.89. The molecule has 1 aromatic carbocycles. The van der Waals surface area contributed by atoms with Crippen LogP contribution in [0.1, 0.15) is 51.0 Å². The fourth-order valence-corrected chi connectivity index (χ4v) is 5.29. The molecule has 2 N–H and O–H groups in total. The van der Waals surface area contributed by atoms with Crippen molar-refractivity contribution in [1.82, 2.24) is 14.9 Å². The van der Waals surface area contributed by atoms with Crippen LogP contribution in [0.15, 0.2) is 29.2 Å². The number of hydrogen-bond donors (Lipinski definition) is 2. The van der Waals surface area contributed by atoms with E-state index in [2.05, 4.69) is 24.5 Å². The molecule has 0 bridgehead atoms. The number of nitrogens with one attached hydrogen (secondary N) is 2. The van der Waals surface area contributed by atoms with Crippen molar-refractivity contribution in [3.05, 3.63) is 29.8 Å². The first-order valence-corrected chi connectivity index (χ1v) is 11.4. The lowest BCUT2D eigenvalue weighted by molar-refractivity contribution is -0.127. The highest BCUT2D eigenvalue weighted by Crippen LogP contribution is 2.25. The molecule has 2 saturated heterocycles. The number of nitrogens with zero attached hydrogens (tertiary/aromatic N) is 1. The zero-order chi connectivity index (χ0) is 19.4. The van der Waals surface area contributed by atoms with E-state index in [0.717, 1.165) is 31.5 Å². The number of sulfonamides is 1. The van der Waals surface area contributed by atoms with Gasteiger partial charge in [-0.3, -0.25) is 4.79 Å². The second kappa shape index (κ2) is 8.71. The number of amides is 1. The van der Waals surface area contributed by atoms with E-state index in [1.807, 2.05) is 12.1 Å². The molecular formula is C20H31N3O3S. The van der Waals surface area contributed by atoms with Gasteiger partial charge in [0.15, 0.2) is 0 Å². The summed E-state index contributed by atoms with van der Waals surface area (Å²) in [6.45, 7) is 6.86. The molecule has 0 unspecified atom stereocenters. The third-order valence-electron chi connectivity index (χ3n) is 5.69. The molecule has 2 aliphatic heterocycles. The smallest absolute Gasteiger partial charge is 0.243 e. The Labute approximate surface area is 162 Å². The Kier molecular flexibility index (Phi) is 6.55. The van der Waals surface area contributed by atoms with Gasteiger partial charge in [-0.1, -0.05) is 26.0 Å². The standard InChI is InChI=1S/C20H31N3O3S/c1-15(2)16-3-5-19(6-4-16)27(25,26)23-13-9-17(10-14-23)20(24)22-18-7-11-21-12-8-18/h3-6,15,17-18,21H,7-14H2,1-2H3,(H,22,24). The predicted octanol–water partition coefficient (Wildman–Crippen LogP) is 2.08. The van der Waals surface area contributed by atoms with Crippen molar-refractivity contribution < 1.29 is 13.2 Å². The summed E-state index contributed by atoms with van der Waals surface area (Å²) < 4.78 is 27.3. The molecule has 2 aliphatic rings. The molecule has 6 nitrogen and oxygen atoms in total. The molecule has 27 heavy (non-hydrogen) atoms. The average Bonchev–Trinajstić information content (AvgIpc) is 2.69. The van der Waals surface area contributed by atoms with Crippen LogP contribution >= 0.6 is 0 Å². The van der Waals surface area contributed by atoms with E-state index in [1.54, 1.807) is 12.1 Å². The van der Waals surface area contributed by atoms with Crippen LogP contribution in [0.25, 0.3) is 0 Å². The lowest BCUT2D eigenvalue weighted by Gasteiger charge is -2.32. The number of piperidine rings is 2. The molecule has 7 heteroatoms. The predicted molar refractivity (Wildman–Crippen MR) is 106 cm³/mol. The van der Waals surface area contributed by atoms with E-state index in [-0.39, 0.29) is 17.9 Å². The van der Waals surface area contributed by atoms with Gasteiger partial charge in [0.05, 0.1) is 4.90 Å². The maximum atomic E-state index is 12.9. The summed E-state index contributed by atoms with van der Waals surface area (Å²) >= 11 is 0. The van der Waals surface area contributed by atoms with Gasteiger partial charge in [0.2, 0.25) is 15.9 Å². The molecule has 0 aromatic heterocycles. The summed E-state index contributed by atoms with van der Waals surface area (Å²) in [5.74, 6) is 0.367. The van der Waals surface area contributed by atoms with Crippen molar-refractivity contribution in [2.75, 3.05) is 26.2 Å². The van der Waals surface area contributed by atoms with Gasteiger partial charge in [-0.25, -0.2) is 8.42 Å². The number of carbonyl (C=O) groups is 1. The van der Waals surface area contributed by atoms with Gasteiger partial charge >= 0.3 is 0 Å². The van der Waals surface area contributed by atoms with Crippen molar-refractivity contribution in [1.29, 1.82) is 0 Å². The van der Waals surface area contributed by atoms with Gasteiger partial charge in [-0.15, -0.1) is 0 Å². The summed E-state index contributed by atoms with van der Waals surface area (Å²) in [6.07, 6.45) is 3.09. The minimum absolute atomic E-state index is 0.0836. The highest BCUT2D eigenvalue weighted by Gasteiger charge is 2.32. The van der Waals surface area contributed by atoms with Gasteiger partial charge in [-0.2, -0.15) is 4.31 Å². The van der Waals surface area contributed by atoms with E-state index in [4.69, 9.17) is 0 Å². The van der Waals surface area contributed by atoms with Crippen LogP contribution < -0.4 is 10.6 Å². The first-order chi connectivity index (χ1) is 12.9. The highest BCUT2D eigenvalue weighted by atomic mass is 32.2. The second-order valence-electron chi connectivity index (χ2n) is 7.93. The summed E-state index contributed by atoms with van der Waals surface area (Å²) in [6, 6.07) is 7.41. The van der Waals surface area contributed by atoms with Crippen molar-refractivity contribution in [3.8, 4) is 0 Å². The zero-order valence-corrected chi connectivity index (χ0v) is 17.1. The normalized spacial score (nSPS) is 20.7. The average molecular weight is 394 g/mol.